The SMILES string of the molecule is Cc1ncccc1-c1ccc2nc(NC(=O)Cc3noc4ccccc34)nn2c1. The third-order valence-electron chi connectivity index (χ3n) is 4.68. The molecule has 0 aliphatic heterocycles. The molecule has 0 bridgehead atoms. The van der Waals surface area contributed by atoms with E-state index in [0.29, 0.717) is 16.9 Å². The zero-order chi connectivity index (χ0) is 19.8. The van der Waals surface area contributed by atoms with Gasteiger partial charge in [-0.15, -0.1) is 5.10 Å². The maximum atomic E-state index is 12.4. The number of aryl methyl sites for hydroxylation is 1. The van der Waals surface area contributed by atoms with E-state index in [-0.39, 0.29) is 18.3 Å². The number of para-hydroxylation sites is 1. The van der Waals surface area contributed by atoms with Gasteiger partial charge in [0.05, 0.1) is 6.42 Å². The minimum atomic E-state index is -0.261. The van der Waals surface area contributed by atoms with Crippen LogP contribution in [-0.2, 0) is 11.2 Å². The summed E-state index contributed by atoms with van der Waals surface area (Å²) in [6.45, 7) is 1.96. The molecule has 8 nitrogen and oxygen atoms in total. The van der Waals surface area contributed by atoms with Crippen LogP contribution in [0.2, 0.25) is 0 Å². The third-order valence-corrected chi connectivity index (χ3v) is 4.68. The van der Waals surface area contributed by atoms with Crippen LogP contribution in [0.3, 0.4) is 0 Å². The Labute approximate surface area is 165 Å². The molecule has 1 N–H and O–H groups in total. The molecule has 0 fully saturated rings. The molecule has 0 aliphatic carbocycles. The van der Waals surface area contributed by atoms with E-state index in [4.69, 9.17) is 4.52 Å². The van der Waals surface area contributed by atoms with E-state index >= 15 is 0 Å². The van der Waals surface area contributed by atoms with Gasteiger partial charge >= 0.3 is 0 Å². The lowest BCUT2D eigenvalue weighted by atomic mass is 10.1. The summed E-state index contributed by atoms with van der Waals surface area (Å²) in [5.41, 5.74) is 4.79. The Morgan fingerprint density at radius 2 is 2.03 bits per heavy atom. The van der Waals surface area contributed by atoms with E-state index in [1.165, 1.54) is 0 Å². The first kappa shape index (κ1) is 17.1. The molecule has 29 heavy (non-hydrogen) atoms. The van der Waals surface area contributed by atoms with Gasteiger partial charge in [0.1, 0.15) is 5.69 Å². The van der Waals surface area contributed by atoms with E-state index in [1.807, 2.05) is 61.7 Å². The van der Waals surface area contributed by atoms with Crippen molar-refractivity contribution in [3.63, 3.8) is 0 Å². The van der Waals surface area contributed by atoms with Crippen LogP contribution in [0.5, 0.6) is 0 Å². The molecule has 0 aliphatic rings. The van der Waals surface area contributed by atoms with Gasteiger partial charge in [-0.2, -0.15) is 4.98 Å². The molecule has 1 aromatic carbocycles. The smallest absolute Gasteiger partial charge is 0.249 e. The Kier molecular flexibility index (Phi) is 4.02. The topological polar surface area (TPSA) is 98.2 Å². The first-order valence-corrected chi connectivity index (χ1v) is 9.09. The minimum absolute atomic E-state index is 0.0761. The summed E-state index contributed by atoms with van der Waals surface area (Å²) in [6.07, 6.45) is 3.71. The van der Waals surface area contributed by atoms with Crippen molar-refractivity contribution >= 4 is 28.5 Å². The summed E-state index contributed by atoms with van der Waals surface area (Å²) in [5.74, 6) is -0.0221. The fourth-order valence-corrected chi connectivity index (χ4v) is 3.27. The summed E-state index contributed by atoms with van der Waals surface area (Å²) >= 11 is 0. The number of hydrogen-bond donors (Lipinski definition) is 1. The molecule has 4 heterocycles. The van der Waals surface area contributed by atoms with Crippen LogP contribution in [0.1, 0.15) is 11.4 Å². The Bertz CT molecular complexity index is 1350. The zero-order valence-electron chi connectivity index (χ0n) is 15.5. The van der Waals surface area contributed by atoms with Gasteiger partial charge in [-0.05, 0) is 37.3 Å². The van der Waals surface area contributed by atoms with Crippen molar-refractivity contribution in [1.82, 2.24) is 24.7 Å². The predicted molar refractivity (Wildman–Crippen MR) is 107 cm³/mol. The second-order valence-corrected chi connectivity index (χ2v) is 6.64. The van der Waals surface area contributed by atoms with E-state index in [9.17, 15) is 4.79 Å². The second kappa shape index (κ2) is 6.83. The highest BCUT2D eigenvalue weighted by atomic mass is 16.5. The van der Waals surface area contributed by atoms with E-state index < -0.39 is 0 Å². The molecule has 5 aromatic rings. The van der Waals surface area contributed by atoms with E-state index in [2.05, 4.69) is 25.5 Å². The number of pyridine rings is 2. The van der Waals surface area contributed by atoms with Gasteiger partial charge in [0, 0.05) is 34.6 Å². The van der Waals surface area contributed by atoms with Crippen LogP contribution in [0.4, 0.5) is 5.95 Å². The fraction of sp³-hybridized carbons (Fsp3) is 0.0952. The van der Waals surface area contributed by atoms with Crippen LogP contribution < -0.4 is 5.32 Å². The molecule has 0 saturated heterocycles. The Balaban J connectivity index is 1.38. The number of benzene rings is 1. The van der Waals surface area contributed by atoms with Crippen LogP contribution in [0.25, 0.3) is 27.7 Å². The number of anilines is 1. The van der Waals surface area contributed by atoms with Crippen molar-refractivity contribution in [2.75, 3.05) is 5.32 Å². The number of nitrogens with one attached hydrogen (secondary N) is 1. The maximum absolute atomic E-state index is 12.4. The summed E-state index contributed by atoms with van der Waals surface area (Å²) in [4.78, 5) is 21.1. The van der Waals surface area contributed by atoms with Crippen molar-refractivity contribution in [2.24, 2.45) is 0 Å². The van der Waals surface area contributed by atoms with Gasteiger partial charge in [0.15, 0.2) is 11.2 Å². The normalized spacial score (nSPS) is 11.2. The molecule has 0 radical (unpaired) electrons. The third kappa shape index (κ3) is 3.20. The number of carbonyl (C=O) groups is 1. The highest BCUT2D eigenvalue weighted by Gasteiger charge is 2.14. The lowest BCUT2D eigenvalue weighted by molar-refractivity contribution is -0.115. The summed E-state index contributed by atoms with van der Waals surface area (Å²) in [5, 5.41) is 11.9. The van der Waals surface area contributed by atoms with E-state index in [1.54, 1.807) is 10.7 Å². The van der Waals surface area contributed by atoms with Crippen LogP contribution in [-0.4, -0.2) is 30.6 Å². The molecule has 1 amide bonds. The molecule has 8 heteroatoms. The Morgan fingerprint density at radius 1 is 1.14 bits per heavy atom. The Morgan fingerprint density at radius 3 is 2.93 bits per heavy atom. The molecule has 4 aromatic heterocycles. The standard InChI is InChI=1S/C21H16N6O2/c1-13-15(6-4-10-22-13)14-8-9-19-23-21(25-27(19)12-14)24-20(28)11-17-16-5-2-3-7-18(16)29-26-17/h2-10,12H,11H2,1H3,(H,24,25,28). The summed E-state index contributed by atoms with van der Waals surface area (Å²) in [6, 6.07) is 15.1. The number of amides is 1. The zero-order valence-corrected chi connectivity index (χ0v) is 15.5. The molecule has 142 valence electrons. The number of fused-ring (bicyclic) bond motifs is 2. The predicted octanol–water partition coefficient (Wildman–Crippen LogP) is 3.42. The first-order valence-electron chi connectivity index (χ1n) is 9.09. The monoisotopic (exact) mass is 384 g/mol. The van der Waals surface area contributed by atoms with Gasteiger partial charge in [0.2, 0.25) is 11.9 Å². The highest BCUT2D eigenvalue weighted by Crippen LogP contribution is 2.22. The van der Waals surface area contributed by atoms with Crippen LogP contribution in [0.15, 0.2) is 65.4 Å². The molecule has 0 unspecified atom stereocenters. The number of carbonyl (C=O) groups excluding carboxylic acids is 1. The molecular formula is C21H16N6O2. The van der Waals surface area contributed by atoms with Crippen molar-refractivity contribution in [3.05, 3.63) is 72.3 Å². The maximum Gasteiger partial charge on any atom is 0.249 e. The van der Waals surface area contributed by atoms with Crippen molar-refractivity contribution in [3.8, 4) is 11.1 Å². The molecule has 0 atom stereocenters. The molecular weight excluding hydrogens is 368 g/mol. The van der Waals surface area contributed by atoms with Gasteiger partial charge in [-0.3, -0.25) is 15.1 Å². The fourth-order valence-electron chi connectivity index (χ4n) is 3.27. The first-order chi connectivity index (χ1) is 14.2. The van der Waals surface area contributed by atoms with Gasteiger partial charge in [-0.25, -0.2) is 4.52 Å². The highest BCUT2D eigenvalue weighted by molar-refractivity contribution is 5.93. The second-order valence-electron chi connectivity index (χ2n) is 6.64. The van der Waals surface area contributed by atoms with Gasteiger partial charge in [0.25, 0.3) is 0 Å². The number of aromatic nitrogens is 5. The summed E-state index contributed by atoms with van der Waals surface area (Å²) in [7, 11) is 0. The molecule has 0 spiro atoms. The lowest BCUT2D eigenvalue weighted by Crippen LogP contribution is -2.15. The van der Waals surface area contributed by atoms with Gasteiger partial charge in [-0.1, -0.05) is 23.4 Å². The van der Waals surface area contributed by atoms with Crippen LogP contribution >= 0.6 is 0 Å². The molecule has 5 rings (SSSR count). The van der Waals surface area contributed by atoms with Crippen LogP contribution in [0, 0.1) is 6.92 Å². The average Bonchev–Trinajstić information content (AvgIpc) is 3.31. The van der Waals surface area contributed by atoms with Gasteiger partial charge < -0.3 is 4.52 Å². The number of rotatable bonds is 4. The summed E-state index contributed by atoms with van der Waals surface area (Å²) < 4.78 is 6.88. The van der Waals surface area contributed by atoms with Crippen molar-refractivity contribution < 1.29 is 9.32 Å². The largest absolute Gasteiger partial charge is 0.356 e. The number of nitrogens with zero attached hydrogens (tertiary/aromatic N) is 5. The Hall–Kier alpha value is -4.07. The minimum Gasteiger partial charge on any atom is -0.356 e. The van der Waals surface area contributed by atoms with E-state index in [0.717, 1.165) is 22.2 Å². The molecule has 0 saturated carbocycles. The lowest BCUT2D eigenvalue weighted by Gasteiger charge is -2.04. The average molecular weight is 384 g/mol. The number of hydrogen-bond acceptors (Lipinski definition) is 6. The quantitative estimate of drug-likeness (QED) is 0.510. The van der Waals surface area contributed by atoms with Crippen molar-refractivity contribution in [2.45, 2.75) is 13.3 Å². The van der Waals surface area contributed by atoms with Crippen molar-refractivity contribution in [1.29, 1.82) is 0 Å².